The average molecular weight is 544 g/mol. The molecule has 212 valence electrons. The zero-order valence-corrected chi connectivity index (χ0v) is 20.1. The number of hydrogen-bond donors (Lipinski definition) is 11. The number of hydrogen-bond acceptors (Lipinski definition) is 11. The third-order valence-electron chi connectivity index (χ3n) is 5.35. The van der Waals surface area contributed by atoms with Gasteiger partial charge in [-0.05, 0) is 5.56 Å². The van der Waals surface area contributed by atoms with Gasteiger partial charge in [0.2, 0.25) is 17.7 Å². The molecule has 38 heavy (non-hydrogen) atoms. The molecule has 1 aromatic carbocycles. The lowest BCUT2D eigenvalue weighted by molar-refractivity contribution is -0.145. The van der Waals surface area contributed by atoms with E-state index in [2.05, 4.69) is 5.32 Å². The molecule has 4 amide bonds. The molecule has 0 radical (unpaired) electrons. The van der Waals surface area contributed by atoms with E-state index in [-0.39, 0.29) is 0 Å². The highest BCUT2D eigenvalue weighted by Crippen LogP contribution is 2.17. The number of benzene rings is 1. The monoisotopic (exact) mass is 543 g/mol. The van der Waals surface area contributed by atoms with Crippen LogP contribution in [-0.4, -0.2) is 110 Å². The number of carbonyl (C=O) groups is 5. The molecular formula is C22H33N5O11. The van der Waals surface area contributed by atoms with Gasteiger partial charge in [0.1, 0.15) is 18.2 Å². The second kappa shape index (κ2) is 15.6. The van der Waals surface area contributed by atoms with Gasteiger partial charge < -0.3 is 58.1 Å². The maximum absolute atomic E-state index is 12.5. The molecule has 0 unspecified atom stereocenters. The molecule has 0 aliphatic heterocycles. The molecule has 0 fully saturated rings. The van der Waals surface area contributed by atoms with Crippen molar-refractivity contribution in [1.29, 1.82) is 0 Å². The summed E-state index contributed by atoms with van der Waals surface area (Å²) in [5.74, 6) is -5.57. The van der Waals surface area contributed by atoms with Crippen molar-refractivity contribution < 1.29 is 54.6 Å². The zero-order valence-electron chi connectivity index (χ0n) is 20.1. The third kappa shape index (κ3) is 10.0. The highest BCUT2D eigenvalue weighted by Gasteiger charge is 2.37. The van der Waals surface area contributed by atoms with Crippen molar-refractivity contribution >= 4 is 29.6 Å². The number of carboxylic acid groups (broad SMARTS) is 1. The van der Waals surface area contributed by atoms with Crippen molar-refractivity contribution in [2.24, 2.45) is 11.5 Å². The Morgan fingerprint density at radius 3 is 1.89 bits per heavy atom. The van der Waals surface area contributed by atoms with Crippen LogP contribution < -0.4 is 27.4 Å². The normalized spacial score (nSPS) is 16.6. The standard InChI is InChI=1S/C22H33N5O11/c23-11(6-15(24)30)20(36)27-14(9-29)21(37)26-13(8-28)17(33)18(34)19(35)22(38)25-12(7-16(31)32)10-4-2-1-3-5-10/h1-5,11-14,17-19,28-29,33-35H,6-9,23H2,(H2,24,30)(H,25,38)(H,26,37)(H,27,36)(H,31,32)/t11-,12-,13-,14-,17+,18+,19-/m0/s1. The highest BCUT2D eigenvalue weighted by molar-refractivity contribution is 5.92. The molecule has 0 spiro atoms. The van der Waals surface area contributed by atoms with Crippen LogP contribution in [0.5, 0.6) is 0 Å². The van der Waals surface area contributed by atoms with E-state index < -0.39 is 98.1 Å². The Morgan fingerprint density at radius 1 is 0.789 bits per heavy atom. The molecule has 0 saturated carbocycles. The van der Waals surface area contributed by atoms with Gasteiger partial charge in [-0.15, -0.1) is 0 Å². The van der Waals surface area contributed by atoms with Crippen molar-refractivity contribution in [3.05, 3.63) is 35.9 Å². The fourth-order valence-corrected chi connectivity index (χ4v) is 3.25. The molecular weight excluding hydrogens is 510 g/mol. The van der Waals surface area contributed by atoms with Crippen LogP contribution in [0, 0.1) is 0 Å². The van der Waals surface area contributed by atoms with E-state index in [1.54, 1.807) is 18.2 Å². The Balaban J connectivity index is 2.86. The summed E-state index contributed by atoms with van der Waals surface area (Å²) in [4.78, 5) is 59.0. The molecule has 13 N–H and O–H groups in total. The van der Waals surface area contributed by atoms with Crippen molar-refractivity contribution in [1.82, 2.24) is 16.0 Å². The second-order valence-electron chi connectivity index (χ2n) is 8.31. The molecule has 0 saturated heterocycles. The zero-order chi connectivity index (χ0) is 29.0. The predicted molar refractivity (Wildman–Crippen MR) is 127 cm³/mol. The number of primary amides is 1. The number of nitrogens with one attached hydrogen (secondary N) is 3. The first-order chi connectivity index (χ1) is 17.8. The van der Waals surface area contributed by atoms with Crippen LogP contribution in [0.25, 0.3) is 0 Å². The van der Waals surface area contributed by atoms with Crippen molar-refractivity contribution in [3.8, 4) is 0 Å². The number of carboxylic acids is 1. The summed E-state index contributed by atoms with van der Waals surface area (Å²) in [6, 6.07) is 2.02. The van der Waals surface area contributed by atoms with Gasteiger partial charge in [0, 0.05) is 0 Å². The van der Waals surface area contributed by atoms with Crippen LogP contribution in [0.3, 0.4) is 0 Å². The van der Waals surface area contributed by atoms with Crippen LogP contribution in [0.1, 0.15) is 24.4 Å². The Morgan fingerprint density at radius 2 is 1.39 bits per heavy atom. The van der Waals surface area contributed by atoms with Gasteiger partial charge in [-0.2, -0.15) is 0 Å². The van der Waals surface area contributed by atoms with Gasteiger partial charge in [-0.25, -0.2) is 0 Å². The quantitative estimate of drug-likeness (QED) is 0.0931. The van der Waals surface area contributed by atoms with Gasteiger partial charge in [-0.1, -0.05) is 30.3 Å². The average Bonchev–Trinajstić information content (AvgIpc) is 2.87. The lowest BCUT2D eigenvalue weighted by Crippen LogP contribution is -2.60. The van der Waals surface area contributed by atoms with Crippen molar-refractivity contribution in [2.75, 3.05) is 13.2 Å². The molecule has 0 aliphatic rings. The SMILES string of the molecule is NC(=O)C[C@H](N)C(=O)N[C@@H](CO)C(=O)N[C@@H](CO)[C@@H](O)[C@@H](O)[C@H](O)C(=O)N[C@@H](CC(=O)O)c1ccccc1. The van der Waals surface area contributed by atoms with Crippen LogP contribution in [-0.2, 0) is 24.0 Å². The van der Waals surface area contributed by atoms with E-state index in [1.807, 2.05) is 10.6 Å². The molecule has 1 rings (SSSR count). The number of aliphatic carboxylic acids is 1. The Labute approximate surface area is 216 Å². The number of nitrogens with two attached hydrogens (primary N) is 2. The molecule has 0 aromatic heterocycles. The van der Waals surface area contributed by atoms with E-state index in [1.165, 1.54) is 12.1 Å². The molecule has 0 bridgehead atoms. The third-order valence-corrected chi connectivity index (χ3v) is 5.35. The minimum atomic E-state index is -2.32. The first-order valence-corrected chi connectivity index (χ1v) is 11.3. The molecule has 0 aliphatic carbocycles. The summed E-state index contributed by atoms with van der Waals surface area (Å²) in [6.07, 6.45) is -7.86. The summed E-state index contributed by atoms with van der Waals surface area (Å²) in [5.41, 5.74) is 10.8. The smallest absolute Gasteiger partial charge is 0.305 e. The van der Waals surface area contributed by atoms with E-state index in [0.717, 1.165) is 0 Å². The van der Waals surface area contributed by atoms with Gasteiger partial charge in [0.25, 0.3) is 5.91 Å². The maximum Gasteiger partial charge on any atom is 0.305 e. The van der Waals surface area contributed by atoms with E-state index >= 15 is 0 Å². The topological polar surface area (TPSA) is 295 Å². The predicted octanol–water partition coefficient (Wildman–Crippen LogP) is -5.44. The summed E-state index contributed by atoms with van der Waals surface area (Å²) >= 11 is 0. The van der Waals surface area contributed by atoms with Crippen LogP contribution >= 0.6 is 0 Å². The molecule has 1 aromatic rings. The first kappa shape index (κ1) is 32.4. The fourth-order valence-electron chi connectivity index (χ4n) is 3.25. The highest BCUT2D eigenvalue weighted by atomic mass is 16.4. The van der Waals surface area contributed by atoms with Gasteiger partial charge in [-0.3, -0.25) is 24.0 Å². The lowest BCUT2D eigenvalue weighted by atomic mass is 9.99. The fraction of sp³-hybridized carbons (Fsp3) is 0.500. The lowest BCUT2D eigenvalue weighted by Gasteiger charge is -2.30. The van der Waals surface area contributed by atoms with Gasteiger partial charge in [0.05, 0.1) is 44.2 Å². The number of aliphatic hydroxyl groups excluding tert-OH is 5. The van der Waals surface area contributed by atoms with E-state index in [4.69, 9.17) is 16.6 Å². The first-order valence-electron chi connectivity index (χ1n) is 11.3. The largest absolute Gasteiger partial charge is 0.481 e. The number of amides is 4. The summed E-state index contributed by atoms with van der Waals surface area (Å²) in [5, 5.41) is 65.4. The molecule has 16 nitrogen and oxygen atoms in total. The van der Waals surface area contributed by atoms with Crippen LogP contribution in [0.4, 0.5) is 0 Å². The van der Waals surface area contributed by atoms with E-state index in [9.17, 15) is 49.5 Å². The van der Waals surface area contributed by atoms with Crippen LogP contribution in [0.2, 0.25) is 0 Å². The Bertz CT molecular complexity index is 964. The Hall–Kier alpha value is -3.67. The molecule has 16 heteroatoms. The minimum absolute atomic E-state index is 0.388. The number of rotatable bonds is 16. The minimum Gasteiger partial charge on any atom is -0.481 e. The molecule has 0 heterocycles. The van der Waals surface area contributed by atoms with E-state index in [0.29, 0.717) is 5.56 Å². The summed E-state index contributed by atoms with van der Waals surface area (Å²) in [6.45, 7) is -1.98. The summed E-state index contributed by atoms with van der Waals surface area (Å²) in [7, 11) is 0. The number of aliphatic hydroxyl groups is 5. The van der Waals surface area contributed by atoms with Crippen molar-refractivity contribution in [3.63, 3.8) is 0 Å². The van der Waals surface area contributed by atoms with Crippen LogP contribution in [0.15, 0.2) is 30.3 Å². The van der Waals surface area contributed by atoms with Crippen molar-refractivity contribution in [2.45, 2.75) is 55.3 Å². The number of carbonyl (C=O) groups excluding carboxylic acids is 4. The van der Waals surface area contributed by atoms with Gasteiger partial charge in [0.15, 0.2) is 6.10 Å². The second-order valence-corrected chi connectivity index (χ2v) is 8.31. The van der Waals surface area contributed by atoms with Gasteiger partial charge >= 0.3 is 5.97 Å². The Kier molecular flexibility index (Phi) is 13.2. The summed E-state index contributed by atoms with van der Waals surface area (Å²) < 4.78 is 0. The molecule has 7 atom stereocenters. The maximum atomic E-state index is 12.5.